The second-order valence-corrected chi connectivity index (χ2v) is 6.70. The summed E-state index contributed by atoms with van der Waals surface area (Å²) in [6.07, 6.45) is 5.44. The fourth-order valence-corrected chi connectivity index (χ4v) is 4.14. The summed E-state index contributed by atoms with van der Waals surface area (Å²) in [6, 6.07) is 7.00. The molecule has 1 aromatic heterocycles. The summed E-state index contributed by atoms with van der Waals surface area (Å²) in [7, 11) is 0. The third-order valence-corrected chi connectivity index (χ3v) is 5.29. The van der Waals surface area contributed by atoms with Crippen molar-refractivity contribution in [2.45, 2.75) is 38.8 Å². The van der Waals surface area contributed by atoms with Crippen molar-refractivity contribution >= 4 is 16.9 Å². The van der Waals surface area contributed by atoms with Gasteiger partial charge in [-0.25, -0.2) is 0 Å². The van der Waals surface area contributed by atoms with Crippen LogP contribution in [0.25, 0.3) is 10.9 Å². The minimum atomic E-state index is -0.289. The first-order chi connectivity index (χ1) is 11.2. The topological polar surface area (TPSA) is 74.1 Å². The predicted octanol–water partition coefficient (Wildman–Crippen LogP) is 2.12. The zero-order valence-electron chi connectivity index (χ0n) is 12.9. The van der Waals surface area contributed by atoms with Gasteiger partial charge in [0.1, 0.15) is 5.52 Å². The minimum absolute atomic E-state index is 0.170. The van der Waals surface area contributed by atoms with Gasteiger partial charge in [0.25, 0.3) is 5.56 Å². The molecular weight excluding hydrogens is 294 g/mol. The number of benzene rings is 1. The lowest BCUT2D eigenvalue weighted by molar-refractivity contribution is -0.149. The minimum Gasteiger partial charge on any atom is -0.442 e. The van der Waals surface area contributed by atoms with Crippen molar-refractivity contribution in [1.82, 2.24) is 15.0 Å². The van der Waals surface area contributed by atoms with E-state index in [-0.39, 0.29) is 18.3 Å². The molecule has 2 bridgehead atoms. The molecule has 4 rings (SSSR count). The van der Waals surface area contributed by atoms with E-state index >= 15 is 0 Å². The molecule has 2 saturated carbocycles. The number of fused-ring (bicyclic) bond motifs is 3. The fraction of sp³-hybridized carbons (Fsp3) is 0.529. The number of ether oxygens (including phenoxy) is 1. The molecule has 2 fully saturated rings. The van der Waals surface area contributed by atoms with Crippen molar-refractivity contribution in [1.29, 1.82) is 0 Å². The maximum absolute atomic E-state index is 12.3. The second kappa shape index (κ2) is 5.76. The van der Waals surface area contributed by atoms with Crippen LogP contribution in [0.5, 0.6) is 0 Å². The van der Waals surface area contributed by atoms with Crippen molar-refractivity contribution in [2.24, 2.45) is 17.8 Å². The number of rotatable bonds is 4. The Bertz CT molecular complexity index is 801. The maximum atomic E-state index is 12.3. The molecule has 0 saturated heterocycles. The van der Waals surface area contributed by atoms with Crippen LogP contribution in [0, 0.1) is 17.8 Å². The molecule has 2 aliphatic carbocycles. The summed E-state index contributed by atoms with van der Waals surface area (Å²) in [4.78, 5) is 24.3. The van der Waals surface area contributed by atoms with Crippen molar-refractivity contribution in [3.05, 3.63) is 34.6 Å². The van der Waals surface area contributed by atoms with Gasteiger partial charge in [-0.3, -0.25) is 9.59 Å². The fourth-order valence-electron chi connectivity index (χ4n) is 4.14. The first-order valence-electron chi connectivity index (χ1n) is 8.19. The van der Waals surface area contributed by atoms with Crippen LogP contribution in [-0.2, 0) is 16.3 Å². The quantitative estimate of drug-likeness (QED) is 0.808. The lowest BCUT2D eigenvalue weighted by atomic mass is 9.86. The lowest BCUT2D eigenvalue weighted by Gasteiger charge is -2.20. The number of hydrogen-bond acceptors (Lipinski definition) is 5. The van der Waals surface area contributed by atoms with Gasteiger partial charge in [0, 0.05) is 6.42 Å². The molecule has 0 spiro atoms. The summed E-state index contributed by atoms with van der Waals surface area (Å²) in [6.45, 7) is -0.170. The first-order valence-corrected chi connectivity index (χ1v) is 8.19. The lowest BCUT2D eigenvalue weighted by Crippen LogP contribution is -2.27. The van der Waals surface area contributed by atoms with Gasteiger partial charge in [-0.05, 0) is 49.1 Å². The molecule has 0 N–H and O–H groups in total. The molecule has 3 atom stereocenters. The number of carbonyl (C=O) groups excluding carboxylic acids is 1. The highest BCUT2D eigenvalue weighted by atomic mass is 16.5. The zero-order chi connectivity index (χ0) is 15.8. The summed E-state index contributed by atoms with van der Waals surface area (Å²) >= 11 is 0. The number of carbonyl (C=O) groups is 1. The Hall–Kier alpha value is -2.24. The molecule has 0 radical (unpaired) electrons. The van der Waals surface area contributed by atoms with E-state index in [1.54, 1.807) is 24.3 Å². The Morgan fingerprint density at radius 2 is 2.13 bits per heavy atom. The van der Waals surface area contributed by atoms with Gasteiger partial charge in [0.2, 0.25) is 0 Å². The highest BCUT2D eigenvalue weighted by Crippen LogP contribution is 2.49. The van der Waals surface area contributed by atoms with Gasteiger partial charge >= 0.3 is 5.97 Å². The van der Waals surface area contributed by atoms with E-state index in [1.807, 2.05) is 0 Å². The van der Waals surface area contributed by atoms with Gasteiger partial charge in [-0.15, -0.1) is 5.10 Å². The van der Waals surface area contributed by atoms with E-state index in [0.29, 0.717) is 29.2 Å². The highest BCUT2D eigenvalue weighted by molar-refractivity contribution is 5.76. The Morgan fingerprint density at radius 3 is 2.91 bits per heavy atom. The van der Waals surface area contributed by atoms with Gasteiger partial charge in [-0.1, -0.05) is 23.8 Å². The van der Waals surface area contributed by atoms with Crippen LogP contribution in [0.15, 0.2) is 29.1 Å². The van der Waals surface area contributed by atoms with Crippen LogP contribution in [0.3, 0.4) is 0 Å². The van der Waals surface area contributed by atoms with E-state index < -0.39 is 0 Å². The van der Waals surface area contributed by atoms with Crippen LogP contribution in [-0.4, -0.2) is 21.0 Å². The third-order valence-electron chi connectivity index (χ3n) is 5.29. The van der Waals surface area contributed by atoms with Crippen molar-refractivity contribution in [3.63, 3.8) is 0 Å². The summed E-state index contributed by atoms with van der Waals surface area (Å²) in [5, 5.41) is 8.28. The van der Waals surface area contributed by atoms with Crippen LogP contribution in [0.4, 0.5) is 0 Å². The first kappa shape index (κ1) is 14.4. The monoisotopic (exact) mass is 313 g/mol. The van der Waals surface area contributed by atoms with Gasteiger partial charge < -0.3 is 4.74 Å². The van der Waals surface area contributed by atoms with Crippen molar-refractivity contribution in [3.8, 4) is 0 Å². The van der Waals surface area contributed by atoms with E-state index in [0.717, 1.165) is 17.0 Å². The number of nitrogens with zero attached hydrogens (tertiary/aromatic N) is 3. The molecule has 0 amide bonds. The van der Waals surface area contributed by atoms with E-state index in [1.165, 1.54) is 19.3 Å². The largest absolute Gasteiger partial charge is 0.442 e. The SMILES string of the molecule is O=C(CC1CC2CCC1C2)OCn1nnc2ccccc2c1=O. The third kappa shape index (κ3) is 2.73. The second-order valence-electron chi connectivity index (χ2n) is 6.70. The number of esters is 1. The standard InChI is InChI=1S/C17H19N3O3/c21-16(9-13-8-11-5-6-12(13)7-11)23-10-20-17(22)14-3-1-2-4-15(14)18-19-20/h1-4,11-13H,5-10H2. The molecule has 6 nitrogen and oxygen atoms in total. The molecule has 2 aliphatic rings. The molecule has 3 unspecified atom stereocenters. The Balaban J connectivity index is 1.40. The molecule has 1 aromatic carbocycles. The maximum Gasteiger partial charge on any atom is 0.307 e. The molecule has 1 heterocycles. The Labute approximate surface area is 133 Å². The van der Waals surface area contributed by atoms with Crippen molar-refractivity contribution < 1.29 is 9.53 Å². The summed E-state index contributed by atoms with van der Waals surface area (Å²) in [5.74, 6) is 1.72. The van der Waals surface area contributed by atoms with E-state index in [2.05, 4.69) is 10.3 Å². The van der Waals surface area contributed by atoms with E-state index in [9.17, 15) is 9.59 Å². The molecule has 120 valence electrons. The molecule has 2 aromatic rings. The van der Waals surface area contributed by atoms with Crippen LogP contribution < -0.4 is 5.56 Å². The van der Waals surface area contributed by atoms with Crippen LogP contribution in [0.1, 0.15) is 32.1 Å². The Morgan fingerprint density at radius 1 is 1.26 bits per heavy atom. The average molecular weight is 313 g/mol. The predicted molar refractivity (Wildman–Crippen MR) is 83.4 cm³/mol. The smallest absolute Gasteiger partial charge is 0.307 e. The van der Waals surface area contributed by atoms with Crippen molar-refractivity contribution in [2.75, 3.05) is 0 Å². The normalized spacial score (nSPS) is 25.8. The zero-order valence-corrected chi connectivity index (χ0v) is 12.9. The summed E-state index contributed by atoms with van der Waals surface area (Å²) < 4.78 is 6.35. The number of aromatic nitrogens is 3. The molecule has 0 aliphatic heterocycles. The van der Waals surface area contributed by atoms with Gasteiger partial charge in [-0.2, -0.15) is 4.68 Å². The Kier molecular flexibility index (Phi) is 3.59. The van der Waals surface area contributed by atoms with Gasteiger partial charge in [0.05, 0.1) is 5.39 Å². The van der Waals surface area contributed by atoms with E-state index in [4.69, 9.17) is 4.74 Å². The number of hydrogen-bond donors (Lipinski definition) is 0. The highest BCUT2D eigenvalue weighted by Gasteiger charge is 2.40. The summed E-state index contributed by atoms with van der Waals surface area (Å²) in [5.41, 5.74) is 0.255. The molecular formula is C17H19N3O3. The van der Waals surface area contributed by atoms with Crippen LogP contribution in [0.2, 0.25) is 0 Å². The van der Waals surface area contributed by atoms with Gasteiger partial charge in [0.15, 0.2) is 6.73 Å². The molecule has 23 heavy (non-hydrogen) atoms. The van der Waals surface area contributed by atoms with Crippen LogP contribution >= 0.6 is 0 Å². The average Bonchev–Trinajstić information content (AvgIpc) is 3.17. The molecule has 6 heteroatoms.